The summed E-state index contributed by atoms with van der Waals surface area (Å²) in [6.07, 6.45) is 5.10. The molecule has 3 heterocycles. The molecule has 0 saturated heterocycles. The first-order valence-electron chi connectivity index (χ1n) is 8.07. The summed E-state index contributed by atoms with van der Waals surface area (Å²) in [5, 5.41) is 12.2. The van der Waals surface area contributed by atoms with Gasteiger partial charge < -0.3 is 10.4 Å². The third-order valence-electron chi connectivity index (χ3n) is 3.88. The average Bonchev–Trinajstić information content (AvgIpc) is 2.98. The Balaban J connectivity index is 2.03. The van der Waals surface area contributed by atoms with Gasteiger partial charge in [-0.1, -0.05) is 13.0 Å². The Morgan fingerprint density at radius 3 is 2.88 bits per heavy atom. The quantitative estimate of drug-likeness (QED) is 0.652. The molecule has 0 aliphatic rings. The number of pyridine rings is 2. The largest absolute Gasteiger partial charge is 0.481 e. The smallest absolute Gasteiger partial charge is 0.303 e. The van der Waals surface area contributed by atoms with Crippen LogP contribution in [0.2, 0.25) is 0 Å². The van der Waals surface area contributed by atoms with Crippen LogP contribution < -0.4 is 5.32 Å². The maximum absolute atomic E-state index is 10.7. The van der Waals surface area contributed by atoms with E-state index in [1.807, 2.05) is 24.3 Å². The van der Waals surface area contributed by atoms with Gasteiger partial charge >= 0.3 is 5.97 Å². The second kappa shape index (κ2) is 7.12. The molecule has 0 aliphatic heterocycles. The van der Waals surface area contributed by atoms with Crippen LogP contribution >= 0.6 is 0 Å². The first kappa shape index (κ1) is 16.0. The summed E-state index contributed by atoms with van der Waals surface area (Å²) in [5.41, 5.74) is 3.79. The number of fused-ring (bicyclic) bond motifs is 1. The number of carboxylic acids is 1. The van der Waals surface area contributed by atoms with Crippen molar-refractivity contribution in [3.8, 4) is 11.3 Å². The number of rotatable bonds is 7. The number of aromatic nitrogens is 3. The van der Waals surface area contributed by atoms with E-state index in [2.05, 4.69) is 27.7 Å². The van der Waals surface area contributed by atoms with Crippen LogP contribution in [0, 0.1) is 0 Å². The topological polar surface area (TPSA) is 79.5 Å². The molecule has 0 aliphatic carbocycles. The van der Waals surface area contributed by atoms with E-state index in [0.29, 0.717) is 13.0 Å². The molecule has 6 nitrogen and oxygen atoms in total. The van der Waals surface area contributed by atoms with E-state index < -0.39 is 5.97 Å². The minimum absolute atomic E-state index is 0.145. The van der Waals surface area contributed by atoms with E-state index in [4.69, 9.17) is 10.1 Å². The van der Waals surface area contributed by atoms with Gasteiger partial charge in [0.05, 0.1) is 0 Å². The molecule has 3 aromatic rings. The lowest BCUT2D eigenvalue weighted by atomic mass is 10.2. The Morgan fingerprint density at radius 1 is 1.29 bits per heavy atom. The summed E-state index contributed by atoms with van der Waals surface area (Å²) in [7, 11) is 0. The maximum atomic E-state index is 10.7. The molecule has 2 N–H and O–H groups in total. The van der Waals surface area contributed by atoms with Crippen molar-refractivity contribution in [2.75, 3.05) is 11.9 Å². The summed E-state index contributed by atoms with van der Waals surface area (Å²) in [5.74, 6) is 0.109. The average molecular weight is 324 g/mol. The third kappa shape index (κ3) is 3.22. The van der Waals surface area contributed by atoms with E-state index in [1.54, 1.807) is 12.4 Å². The number of carbonyl (C=O) groups is 1. The second-order valence-corrected chi connectivity index (χ2v) is 5.54. The van der Waals surface area contributed by atoms with Crippen molar-refractivity contribution in [3.05, 3.63) is 48.4 Å². The molecular weight excluding hydrogens is 304 g/mol. The van der Waals surface area contributed by atoms with Gasteiger partial charge in [-0.25, -0.2) is 4.98 Å². The van der Waals surface area contributed by atoms with Crippen LogP contribution in [0.1, 0.15) is 25.5 Å². The van der Waals surface area contributed by atoms with E-state index >= 15 is 0 Å². The molecule has 0 aromatic carbocycles. The number of hydrogen-bond donors (Lipinski definition) is 2. The number of carboxylic acid groups (broad SMARTS) is 1. The van der Waals surface area contributed by atoms with Gasteiger partial charge in [-0.15, -0.1) is 0 Å². The van der Waals surface area contributed by atoms with Crippen LogP contribution in [0.3, 0.4) is 0 Å². The molecule has 0 saturated carbocycles. The Bertz CT molecular complexity index is 843. The predicted molar refractivity (Wildman–Crippen MR) is 93.2 cm³/mol. The zero-order valence-electron chi connectivity index (χ0n) is 13.6. The zero-order valence-corrected chi connectivity index (χ0v) is 13.6. The Hall–Kier alpha value is -2.89. The number of hydrogen-bond acceptors (Lipinski definition) is 4. The highest BCUT2D eigenvalue weighted by Crippen LogP contribution is 2.29. The van der Waals surface area contributed by atoms with E-state index in [-0.39, 0.29) is 6.42 Å². The molecular formula is C18H20N4O2. The Kier molecular flexibility index (Phi) is 4.74. The molecule has 3 rings (SSSR count). The molecule has 0 fully saturated rings. The van der Waals surface area contributed by atoms with Crippen molar-refractivity contribution < 1.29 is 9.90 Å². The van der Waals surface area contributed by atoms with Gasteiger partial charge in [-0.05, 0) is 37.1 Å². The minimum atomic E-state index is -0.781. The van der Waals surface area contributed by atoms with Crippen molar-refractivity contribution in [2.45, 2.75) is 26.2 Å². The number of nitrogens with one attached hydrogen (secondary N) is 1. The van der Waals surface area contributed by atoms with Gasteiger partial charge in [0.15, 0.2) is 0 Å². The monoisotopic (exact) mass is 324 g/mol. The maximum Gasteiger partial charge on any atom is 0.303 e. The Labute approximate surface area is 140 Å². The lowest BCUT2D eigenvalue weighted by Gasteiger charge is -2.11. The highest BCUT2D eigenvalue weighted by Gasteiger charge is 2.15. The van der Waals surface area contributed by atoms with Crippen LogP contribution in [0.15, 0.2) is 42.7 Å². The van der Waals surface area contributed by atoms with Crippen LogP contribution in [-0.4, -0.2) is 32.0 Å². The van der Waals surface area contributed by atoms with Gasteiger partial charge in [-0.2, -0.15) is 0 Å². The summed E-state index contributed by atoms with van der Waals surface area (Å²) >= 11 is 0. The number of aryl methyl sites for hydroxylation is 1. The van der Waals surface area contributed by atoms with E-state index in [0.717, 1.165) is 34.8 Å². The van der Waals surface area contributed by atoms with Crippen LogP contribution in [0.4, 0.5) is 5.82 Å². The molecule has 3 aromatic heterocycles. The predicted octanol–water partition coefficient (Wildman–Crippen LogP) is 3.24. The van der Waals surface area contributed by atoms with Crippen molar-refractivity contribution in [1.29, 1.82) is 0 Å². The Morgan fingerprint density at radius 2 is 2.17 bits per heavy atom. The lowest BCUT2D eigenvalue weighted by Crippen LogP contribution is -2.09. The van der Waals surface area contributed by atoms with Gasteiger partial charge in [0.2, 0.25) is 0 Å². The SMILES string of the molecule is CCc1cccc2nc(-c3cccnc3)c(NCCCC(=O)O)n12. The molecule has 24 heavy (non-hydrogen) atoms. The zero-order chi connectivity index (χ0) is 16.9. The molecule has 0 radical (unpaired) electrons. The number of nitrogens with zero attached hydrogens (tertiary/aromatic N) is 3. The molecule has 6 heteroatoms. The second-order valence-electron chi connectivity index (χ2n) is 5.54. The number of aliphatic carboxylic acids is 1. The van der Waals surface area contributed by atoms with Crippen LogP contribution in [0.25, 0.3) is 16.9 Å². The molecule has 0 unspecified atom stereocenters. The number of imidazole rings is 1. The van der Waals surface area contributed by atoms with Crippen molar-refractivity contribution in [2.24, 2.45) is 0 Å². The van der Waals surface area contributed by atoms with Crippen molar-refractivity contribution in [3.63, 3.8) is 0 Å². The molecule has 0 atom stereocenters. The standard InChI is InChI=1S/C18H20N4O2/c1-2-14-7-3-8-15-21-17(13-6-4-10-19-12-13)18(22(14)15)20-11-5-9-16(23)24/h3-4,6-8,10,12,20H,2,5,9,11H2,1H3,(H,23,24). The molecule has 0 spiro atoms. The van der Waals surface area contributed by atoms with E-state index in [1.165, 1.54) is 0 Å². The summed E-state index contributed by atoms with van der Waals surface area (Å²) in [6.45, 7) is 2.68. The first-order chi connectivity index (χ1) is 11.7. The van der Waals surface area contributed by atoms with Crippen LogP contribution in [0.5, 0.6) is 0 Å². The lowest BCUT2D eigenvalue weighted by molar-refractivity contribution is -0.137. The minimum Gasteiger partial charge on any atom is -0.481 e. The third-order valence-corrected chi connectivity index (χ3v) is 3.88. The fraction of sp³-hybridized carbons (Fsp3) is 0.278. The highest BCUT2D eigenvalue weighted by molar-refractivity contribution is 5.76. The van der Waals surface area contributed by atoms with Crippen molar-refractivity contribution >= 4 is 17.4 Å². The van der Waals surface area contributed by atoms with Gasteiger partial charge in [-0.3, -0.25) is 14.2 Å². The summed E-state index contributed by atoms with van der Waals surface area (Å²) in [6, 6.07) is 9.91. The molecule has 0 amide bonds. The first-order valence-corrected chi connectivity index (χ1v) is 8.07. The van der Waals surface area contributed by atoms with Gasteiger partial charge in [0.25, 0.3) is 0 Å². The molecule has 124 valence electrons. The van der Waals surface area contributed by atoms with E-state index in [9.17, 15) is 4.79 Å². The number of anilines is 1. The van der Waals surface area contributed by atoms with Gasteiger partial charge in [0, 0.05) is 36.6 Å². The van der Waals surface area contributed by atoms with Crippen LogP contribution in [-0.2, 0) is 11.2 Å². The fourth-order valence-corrected chi connectivity index (χ4v) is 2.75. The highest BCUT2D eigenvalue weighted by atomic mass is 16.4. The summed E-state index contributed by atoms with van der Waals surface area (Å²) in [4.78, 5) is 19.6. The normalized spacial score (nSPS) is 10.9. The fourth-order valence-electron chi connectivity index (χ4n) is 2.75. The van der Waals surface area contributed by atoms with Crippen molar-refractivity contribution in [1.82, 2.24) is 14.4 Å². The van der Waals surface area contributed by atoms with Gasteiger partial charge in [0.1, 0.15) is 17.2 Å². The summed E-state index contributed by atoms with van der Waals surface area (Å²) < 4.78 is 2.10. The molecule has 0 bridgehead atoms.